The fourth-order valence-corrected chi connectivity index (χ4v) is 4.31. The number of hydrogen-bond acceptors (Lipinski definition) is 4. The maximum Gasteiger partial charge on any atom is 0.335 e. The lowest BCUT2D eigenvalue weighted by Crippen LogP contribution is -2.43. The molecule has 0 aliphatic carbocycles. The lowest BCUT2D eigenvalue weighted by atomic mass is 9.99. The Morgan fingerprint density at radius 1 is 1.13 bits per heavy atom. The van der Waals surface area contributed by atoms with Crippen LogP contribution < -0.4 is 5.32 Å². The van der Waals surface area contributed by atoms with Crippen molar-refractivity contribution in [2.45, 2.75) is 32.0 Å². The van der Waals surface area contributed by atoms with Crippen LogP contribution in [0.2, 0.25) is 0 Å². The quantitative estimate of drug-likeness (QED) is 0.565. The topological polar surface area (TPSA) is 61.8 Å². The number of carboxylic acid groups (broad SMARTS) is 1. The van der Waals surface area contributed by atoms with Gasteiger partial charge in [0.1, 0.15) is 0 Å². The maximum atomic E-state index is 11.0. The van der Waals surface area contributed by atoms with E-state index in [1.54, 1.807) is 12.1 Å². The van der Waals surface area contributed by atoms with Crippen LogP contribution in [0.25, 0.3) is 10.8 Å². The summed E-state index contributed by atoms with van der Waals surface area (Å²) in [6.07, 6.45) is 1.17. The Hall–Kier alpha value is -2.73. The second-order valence-corrected chi connectivity index (χ2v) is 8.26. The average Bonchev–Trinajstić information content (AvgIpc) is 2.79. The van der Waals surface area contributed by atoms with Gasteiger partial charge in [-0.05, 0) is 53.9 Å². The van der Waals surface area contributed by atoms with Crippen molar-refractivity contribution in [2.24, 2.45) is 0 Å². The first-order valence-electron chi connectivity index (χ1n) is 11.0. The second-order valence-electron chi connectivity index (χ2n) is 8.26. The van der Waals surface area contributed by atoms with Gasteiger partial charge in [-0.1, -0.05) is 54.6 Å². The van der Waals surface area contributed by atoms with Crippen LogP contribution in [0.15, 0.2) is 66.7 Å². The average molecular weight is 419 g/mol. The van der Waals surface area contributed by atoms with Crippen molar-refractivity contribution in [3.8, 4) is 0 Å². The molecule has 1 saturated heterocycles. The van der Waals surface area contributed by atoms with Crippen molar-refractivity contribution in [2.75, 3.05) is 26.2 Å². The summed E-state index contributed by atoms with van der Waals surface area (Å²) < 4.78 is 5.99. The highest BCUT2D eigenvalue weighted by Crippen LogP contribution is 2.24. The molecule has 2 atom stereocenters. The van der Waals surface area contributed by atoms with Crippen LogP contribution in [-0.4, -0.2) is 48.3 Å². The third-order valence-corrected chi connectivity index (χ3v) is 6.04. The molecule has 1 fully saturated rings. The molecule has 0 aromatic heterocycles. The number of fused-ring (bicyclic) bond motifs is 1. The van der Waals surface area contributed by atoms with Gasteiger partial charge in [0.2, 0.25) is 0 Å². The molecule has 5 heteroatoms. The van der Waals surface area contributed by atoms with Gasteiger partial charge in [0.15, 0.2) is 0 Å². The molecule has 31 heavy (non-hydrogen) atoms. The molecule has 2 N–H and O–H groups in total. The van der Waals surface area contributed by atoms with Crippen LogP contribution in [0.4, 0.5) is 0 Å². The van der Waals surface area contributed by atoms with E-state index in [0.717, 1.165) is 44.8 Å². The third-order valence-electron chi connectivity index (χ3n) is 6.04. The molecule has 0 spiro atoms. The zero-order chi connectivity index (χ0) is 21.6. The van der Waals surface area contributed by atoms with Crippen LogP contribution >= 0.6 is 0 Å². The fourth-order valence-electron chi connectivity index (χ4n) is 4.31. The molecule has 162 valence electrons. The molecule has 0 radical (unpaired) electrons. The number of benzene rings is 3. The van der Waals surface area contributed by atoms with Crippen molar-refractivity contribution in [3.63, 3.8) is 0 Å². The Morgan fingerprint density at radius 3 is 2.71 bits per heavy atom. The summed E-state index contributed by atoms with van der Waals surface area (Å²) in [5.41, 5.74) is 2.79. The number of nitrogens with zero attached hydrogens (tertiary/aromatic N) is 1. The molecule has 0 amide bonds. The molecule has 5 nitrogen and oxygen atoms in total. The molecule has 0 bridgehead atoms. The summed E-state index contributed by atoms with van der Waals surface area (Å²) in [4.78, 5) is 13.4. The smallest absolute Gasteiger partial charge is 0.335 e. The molecule has 1 aliphatic heterocycles. The second kappa shape index (κ2) is 10.1. The van der Waals surface area contributed by atoms with Gasteiger partial charge in [0.05, 0.1) is 18.3 Å². The van der Waals surface area contributed by atoms with Crippen molar-refractivity contribution >= 4 is 16.7 Å². The lowest BCUT2D eigenvalue weighted by molar-refractivity contribution is -0.0346. The number of ether oxygens (including phenoxy) is 1. The van der Waals surface area contributed by atoms with Crippen LogP contribution in [0.3, 0.4) is 0 Å². The molecule has 2 unspecified atom stereocenters. The SMILES string of the molecule is CC(NCCC1CN(Cc2ccc(C(=O)O)cc2)CCO1)c1cccc2ccccc12. The Morgan fingerprint density at radius 2 is 1.90 bits per heavy atom. The number of nitrogens with one attached hydrogen (secondary N) is 1. The zero-order valence-electron chi connectivity index (χ0n) is 18.0. The first kappa shape index (κ1) is 21.5. The van der Waals surface area contributed by atoms with E-state index in [1.165, 1.54) is 16.3 Å². The standard InChI is InChI=1S/C26H30N2O3/c1-19(24-8-4-6-21-5-2-3-7-25(21)24)27-14-13-23-18-28(15-16-31-23)17-20-9-11-22(12-10-20)26(29)30/h2-12,19,23,27H,13-18H2,1H3,(H,29,30). The van der Waals surface area contributed by atoms with Gasteiger partial charge >= 0.3 is 5.97 Å². The predicted molar refractivity (Wildman–Crippen MR) is 123 cm³/mol. The molecule has 3 aromatic carbocycles. The van der Waals surface area contributed by atoms with Gasteiger partial charge in [-0.2, -0.15) is 0 Å². The van der Waals surface area contributed by atoms with Crippen LogP contribution in [0.1, 0.15) is 40.9 Å². The first-order valence-corrected chi connectivity index (χ1v) is 11.0. The summed E-state index contributed by atoms with van der Waals surface area (Å²) >= 11 is 0. The Labute approximate surface area is 183 Å². The number of morpholine rings is 1. The van der Waals surface area contributed by atoms with E-state index < -0.39 is 5.97 Å². The first-order chi connectivity index (χ1) is 15.1. The van der Waals surface area contributed by atoms with Crippen LogP contribution in [0.5, 0.6) is 0 Å². The number of carboxylic acids is 1. The van der Waals surface area contributed by atoms with Gasteiger partial charge < -0.3 is 15.2 Å². The van der Waals surface area contributed by atoms with Crippen LogP contribution in [0, 0.1) is 0 Å². The summed E-state index contributed by atoms with van der Waals surface area (Å²) in [6, 6.07) is 22.4. The Bertz CT molecular complexity index is 1010. The van der Waals surface area contributed by atoms with E-state index in [0.29, 0.717) is 5.56 Å². The monoisotopic (exact) mass is 418 g/mol. The van der Waals surface area contributed by atoms with E-state index >= 15 is 0 Å². The zero-order valence-corrected chi connectivity index (χ0v) is 18.0. The minimum Gasteiger partial charge on any atom is -0.478 e. The van der Waals surface area contributed by atoms with E-state index in [-0.39, 0.29) is 12.1 Å². The lowest BCUT2D eigenvalue weighted by Gasteiger charge is -2.33. The highest BCUT2D eigenvalue weighted by molar-refractivity contribution is 5.87. The number of carbonyl (C=O) groups is 1. The predicted octanol–water partition coefficient (Wildman–Crippen LogP) is 4.48. The molecular formula is C26H30N2O3. The van der Waals surface area contributed by atoms with Crippen molar-refractivity contribution in [1.29, 1.82) is 0 Å². The molecule has 0 saturated carbocycles. The highest BCUT2D eigenvalue weighted by atomic mass is 16.5. The van der Waals surface area contributed by atoms with Crippen LogP contribution in [-0.2, 0) is 11.3 Å². The summed E-state index contributed by atoms with van der Waals surface area (Å²) in [5, 5.41) is 15.3. The Kier molecular flexibility index (Phi) is 6.97. The van der Waals surface area contributed by atoms with Gasteiger partial charge in [-0.15, -0.1) is 0 Å². The largest absolute Gasteiger partial charge is 0.478 e. The number of rotatable bonds is 8. The van der Waals surface area contributed by atoms with Crippen molar-refractivity contribution in [1.82, 2.24) is 10.2 Å². The fraction of sp³-hybridized carbons (Fsp3) is 0.346. The summed E-state index contributed by atoms with van der Waals surface area (Å²) in [7, 11) is 0. The minimum absolute atomic E-state index is 0.208. The minimum atomic E-state index is -0.886. The van der Waals surface area contributed by atoms with Gasteiger partial charge in [0.25, 0.3) is 0 Å². The van der Waals surface area contributed by atoms with Crippen molar-refractivity contribution < 1.29 is 14.6 Å². The summed E-state index contributed by atoms with van der Waals surface area (Å²) in [5.74, 6) is -0.886. The molecule has 1 heterocycles. The van der Waals surface area contributed by atoms with E-state index in [2.05, 4.69) is 59.6 Å². The van der Waals surface area contributed by atoms with E-state index in [1.807, 2.05) is 12.1 Å². The summed E-state index contributed by atoms with van der Waals surface area (Å²) in [6.45, 7) is 6.46. The van der Waals surface area contributed by atoms with E-state index in [4.69, 9.17) is 9.84 Å². The van der Waals surface area contributed by atoms with E-state index in [9.17, 15) is 4.79 Å². The van der Waals surface area contributed by atoms with Gasteiger partial charge in [-0.25, -0.2) is 4.79 Å². The molecular weight excluding hydrogens is 388 g/mol. The maximum absolute atomic E-state index is 11.0. The normalized spacial score (nSPS) is 18.2. The molecule has 3 aromatic rings. The Balaban J connectivity index is 1.27. The highest BCUT2D eigenvalue weighted by Gasteiger charge is 2.21. The molecule has 4 rings (SSSR count). The number of hydrogen-bond donors (Lipinski definition) is 2. The van der Waals surface area contributed by atoms with Gasteiger partial charge in [-0.3, -0.25) is 4.90 Å². The van der Waals surface area contributed by atoms with Gasteiger partial charge in [0, 0.05) is 25.7 Å². The third kappa shape index (κ3) is 5.50. The molecule has 1 aliphatic rings. The number of aromatic carboxylic acids is 1. The van der Waals surface area contributed by atoms with Crippen molar-refractivity contribution in [3.05, 3.63) is 83.4 Å².